The lowest BCUT2D eigenvalue weighted by Gasteiger charge is -2.16. The van der Waals surface area contributed by atoms with Crippen molar-refractivity contribution in [2.24, 2.45) is 5.73 Å². The van der Waals surface area contributed by atoms with Crippen molar-refractivity contribution >= 4 is 37.1 Å². The van der Waals surface area contributed by atoms with E-state index in [1.165, 1.54) is 7.05 Å². The summed E-state index contributed by atoms with van der Waals surface area (Å²) in [5.74, 6) is -0.409. The summed E-state index contributed by atoms with van der Waals surface area (Å²) < 4.78 is 47.4. The van der Waals surface area contributed by atoms with E-state index in [4.69, 9.17) is 18.0 Å². The Labute approximate surface area is 130 Å². The normalized spacial score (nSPS) is 12.5. The van der Waals surface area contributed by atoms with Crippen LogP contribution in [0.15, 0.2) is 24.3 Å². The van der Waals surface area contributed by atoms with E-state index in [9.17, 15) is 16.8 Å². The minimum atomic E-state index is -3.56. The molecule has 0 radical (unpaired) electrons. The zero-order chi connectivity index (χ0) is 16.3. The van der Waals surface area contributed by atoms with Crippen molar-refractivity contribution in [3.63, 3.8) is 0 Å². The van der Waals surface area contributed by atoms with Gasteiger partial charge in [0, 0.05) is 25.4 Å². The van der Waals surface area contributed by atoms with Crippen LogP contribution in [-0.2, 0) is 25.6 Å². The van der Waals surface area contributed by atoms with E-state index in [0.717, 1.165) is 10.6 Å². The number of benzene rings is 1. The maximum absolute atomic E-state index is 12.1. The molecule has 0 spiro atoms. The first-order chi connectivity index (χ1) is 9.51. The van der Waals surface area contributed by atoms with Crippen molar-refractivity contribution in [2.75, 3.05) is 25.6 Å². The first-order valence-corrected chi connectivity index (χ1v) is 10.1. The topological polar surface area (TPSA) is 97.5 Å². The Hall–Kier alpha value is -1.03. The Morgan fingerprint density at radius 1 is 1.19 bits per heavy atom. The first-order valence-electron chi connectivity index (χ1n) is 6.02. The van der Waals surface area contributed by atoms with Crippen LogP contribution in [0.3, 0.4) is 0 Å². The molecule has 1 aromatic rings. The van der Waals surface area contributed by atoms with Gasteiger partial charge in [-0.25, -0.2) is 21.1 Å². The minimum Gasteiger partial charge on any atom is -0.389 e. The molecule has 9 heteroatoms. The van der Waals surface area contributed by atoms with E-state index in [2.05, 4.69) is 0 Å². The predicted molar refractivity (Wildman–Crippen MR) is 87.3 cm³/mol. The Balaban J connectivity index is 2.77. The fourth-order valence-corrected chi connectivity index (χ4v) is 3.58. The van der Waals surface area contributed by atoms with Gasteiger partial charge < -0.3 is 5.73 Å². The molecule has 0 aliphatic heterocycles. The zero-order valence-electron chi connectivity index (χ0n) is 11.8. The van der Waals surface area contributed by atoms with E-state index in [0.29, 0.717) is 11.1 Å². The van der Waals surface area contributed by atoms with E-state index >= 15 is 0 Å². The van der Waals surface area contributed by atoms with Crippen molar-refractivity contribution in [3.05, 3.63) is 35.4 Å². The molecule has 21 heavy (non-hydrogen) atoms. The van der Waals surface area contributed by atoms with E-state index in [-0.39, 0.29) is 23.0 Å². The van der Waals surface area contributed by atoms with Crippen molar-refractivity contribution in [2.45, 2.75) is 5.75 Å². The SMILES string of the molecule is CN(CCS(C)(=O)=O)S(=O)(=O)Cc1ccc(C(N)=S)cc1. The maximum Gasteiger partial charge on any atom is 0.218 e. The molecule has 118 valence electrons. The average Bonchev–Trinajstić information content (AvgIpc) is 2.35. The second-order valence-electron chi connectivity index (χ2n) is 4.77. The van der Waals surface area contributed by atoms with Gasteiger partial charge in [-0.3, -0.25) is 0 Å². The maximum atomic E-state index is 12.1. The fourth-order valence-electron chi connectivity index (χ4n) is 1.52. The molecule has 0 amide bonds. The summed E-state index contributed by atoms with van der Waals surface area (Å²) in [5.41, 5.74) is 6.72. The molecule has 0 aliphatic carbocycles. The number of hydrogen-bond donors (Lipinski definition) is 1. The average molecular weight is 350 g/mol. The molecule has 1 rings (SSSR count). The van der Waals surface area contributed by atoms with Gasteiger partial charge in [-0.1, -0.05) is 36.5 Å². The third-order valence-corrected chi connectivity index (χ3v) is 5.83. The molecule has 0 saturated carbocycles. The molecule has 0 unspecified atom stereocenters. The molecule has 0 aromatic heterocycles. The molecule has 0 bridgehead atoms. The summed E-state index contributed by atoms with van der Waals surface area (Å²) in [4.78, 5) is 0.245. The molecule has 1 aromatic carbocycles. The number of thiocarbonyl (C=S) groups is 1. The minimum absolute atomic E-state index is 0.0634. The fraction of sp³-hybridized carbons (Fsp3) is 0.417. The molecule has 0 saturated heterocycles. The summed E-state index contributed by atoms with van der Waals surface area (Å²) >= 11 is 4.82. The molecular weight excluding hydrogens is 332 g/mol. The Kier molecular flexibility index (Phi) is 5.85. The highest BCUT2D eigenvalue weighted by Crippen LogP contribution is 2.11. The molecule has 0 aliphatic rings. The third-order valence-electron chi connectivity index (χ3n) is 2.84. The van der Waals surface area contributed by atoms with Gasteiger partial charge in [0.1, 0.15) is 14.8 Å². The van der Waals surface area contributed by atoms with Crippen molar-refractivity contribution < 1.29 is 16.8 Å². The highest BCUT2D eigenvalue weighted by molar-refractivity contribution is 7.91. The Bertz CT molecular complexity index is 709. The molecule has 0 fully saturated rings. The lowest BCUT2D eigenvalue weighted by atomic mass is 10.1. The van der Waals surface area contributed by atoms with Gasteiger partial charge in [0.05, 0.1) is 11.5 Å². The summed E-state index contributed by atoms with van der Waals surface area (Å²) in [6.45, 7) is -0.0634. The predicted octanol–water partition coefficient (Wildman–Crippen LogP) is 0.127. The molecule has 2 N–H and O–H groups in total. The first kappa shape index (κ1) is 18.0. The highest BCUT2D eigenvalue weighted by atomic mass is 32.2. The summed E-state index contributed by atoms with van der Waals surface area (Å²) in [6, 6.07) is 6.58. The van der Waals surface area contributed by atoms with Gasteiger partial charge in [-0.15, -0.1) is 0 Å². The van der Waals surface area contributed by atoms with Gasteiger partial charge in [-0.05, 0) is 5.56 Å². The summed E-state index contributed by atoms with van der Waals surface area (Å²) in [7, 11) is -5.40. The Morgan fingerprint density at radius 2 is 1.71 bits per heavy atom. The number of rotatable bonds is 7. The van der Waals surface area contributed by atoms with Gasteiger partial charge in [-0.2, -0.15) is 0 Å². The molecule has 0 heterocycles. The molecule has 0 atom stereocenters. The summed E-state index contributed by atoms with van der Waals surface area (Å²) in [5, 5.41) is 0. The van der Waals surface area contributed by atoms with Crippen LogP contribution >= 0.6 is 12.2 Å². The lowest BCUT2D eigenvalue weighted by Crippen LogP contribution is -2.32. The molecular formula is C12H18N2O4S3. The number of hydrogen-bond acceptors (Lipinski definition) is 5. The highest BCUT2D eigenvalue weighted by Gasteiger charge is 2.19. The Morgan fingerprint density at radius 3 is 2.14 bits per heavy atom. The third kappa shape index (κ3) is 6.08. The van der Waals surface area contributed by atoms with E-state index < -0.39 is 19.9 Å². The van der Waals surface area contributed by atoms with Crippen LogP contribution in [-0.4, -0.2) is 51.7 Å². The van der Waals surface area contributed by atoms with Crippen LogP contribution < -0.4 is 5.73 Å². The molecule has 6 nitrogen and oxygen atoms in total. The van der Waals surface area contributed by atoms with Crippen LogP contribution in [0.25, 0.3) is 0 Å². The van der Waals surface area contributed by atoms with Crippen LogP contribution in [0.2, 0.25) is 0 Å². The van der Waals surface area contributed by atoms with Gasteiger partial charge in [0.25, 0.3) is 0 Å². The smallest absolute Gasteiger partial charge is 0.218 e. The van der Waals surface area contributed by atoms with E-state index in [1.54, 1.807) is 24.3 Å². The van der Waals surface area contributed by atoms with Gasteiger partial charge >= 0.3 is 0 Å². The van der Waals surface area contributed by atoms with E-state index in [1.807, 2.05) is 0 Å². The second kappa shape index (κ2) is 6.82. The standard InChI is InChI=1S/C12H18N2O4S3/c1-14(7-8-20(2,15)16)21(17,18)9-10-3-5-11(6-4-10)12(13)19/h3-6H,7-9H2,1-2H3,(H2,13,19). The van der Waals surface area contributed by atoms with Crippen LogP contribution in [0.4, 0.5) is 0 Å². The number of nitrogens with zero attached hydrogens (tertiary/aromatic N) is 1. The van der Waals surface area contributed by atoms with Crippen molar-refractivity contribution in [3.8, 4) is 0 Å². The van der Waals surface area contributed by atoms with Crippen LogP contribution in [0, 0.1) is 0 Å². The second-order valence-corrected chi connectivity index (χ2v) is 9.54. The monoisotopic (exact) mass is 350 g/mol. The zero-order valence-corrected chi connectivity index (χ0v) is 14.3. The van der Waals surface area contributed by atoms with Gasteiger partial charge in [0.2, 0.25) is 10.0 Å². The van der Waals surface area contributed by atoms with Gasteiger partial charge in [0.15, 0.2) is 0 Å². The lowest BCUT2D eigenvalue weighted by molar-refractivity contribution is 0.484. The van der Waals surface area contributed by atoms with Crippen molar-refractivity contribution in [1.82, 2.24) is 4.31 Å². The van der Waals surface area contributed by atoms with Crippen LogP contribution in [0.1, 0.15) is 11.1 Å². The summed E-state index contributed by atoms with van der Waals surface area (Å²) in [6.07, 6.45) is 1.07. The number of nitrogens with two attached hydrogens (primary N) is 1. The quantitative estimate of drug-likeness (QED) is 0.702. The largest absolute Gasteiger partial charge is 0.389 e. The number of sulfone groups is 1. The van der Waals surface area contributed by atoms with Crippen LogP contribution in [0.5, 0.6) is 0 Å². The van der Waals surface area contributed by atoms with Crippen molar-refractivity contribution in [1.29, 1.82) is 0 Å². The number of sulfonamides is 1.